The number of nitrogens with zero attached hydrogens (tertiary/aromatic N) is 3. The molecule has 0 aromatic heterocycles. The number of thioether (sulfide) groups is 1. The van der Waals surface area contributed by atoms with E-state index in [9.17, 15) is 19.2 Å². The number of nitrogens with two attached hydrogens (primary N) is 1. The summed E-state index contributed by atoms with van der Waals surface area (Å²) in [5, 5.41) is -0.130. The van der Waals surface area contributed by atoms with Crippen molar-refractivity contribution in [3.8, 4) is 0 Å². The molecule has 4 saturated heterocycles. The maximum Gasteiger partial charge on any atom is 0.247 e. The summed E-state index contributed by atoms with van der Waals surface area (Å²) >= 11 is 1.51. The minimum Gasteiger partial charge on any atom is -0.368 e. The predicted molar refractivity (Wildman–Crippen MR) is 80.9 cm³/mol. The van der Waals surface area contributed by atoms with Crippen LogP contribution in [0.5, 0.6) is 0 Å². The van der Waals surface area contributed by atoms with Gasteiger partial charge in [-0.1, -0.05) is 0 Å². The average molecular weight is 338 g/mol. The van der Waals surface area contributed by atoms with Crippen molar-refractivity contribution in [2.75, 3.05) is 18.8 Å². The Morgan fingerprint density at radius 1 is 1.13 bits per heavy atom. The van der Waals surface area contributed by atoms with Gasteiger partial charge >= 0.3 is 0 Å². The number of rotatable bonds is 2. The second kappa shape index (κ2) is 5.12. The van der Waals surface area contributed by atoms with Crippen LogP contribution in [0.3, 0.4) is 0 Å². The third-order valence-corrected chi connectivity index (χ3v) is 6.52. The molecule has 2 N–H and O–H groups in total. The van der Waals surface area contributed by atoms with Crippen molar-refractivity contribution in [2.24, 2.45) is 5.73 Å². The molecule has 124 valence electrons. The average Bonchev–Trinajstić information content (AvgIpc) is 3.19. The van der Waals surface area contributed by atoms with Gasteiger partial charge in [-0.05, 0) is 12.8 Å². The topological polar surface area (TPSA) is 104 Å². The lowest BCUT2D eigenvalue weighted by atomic mass is 10.1. The molecule has 8 nitrogen and oxygen atoms in total. The number of carbonyl (C=O) groups excluding carboxylic acids is 4. The van der Waals surface area contributed by atoms with Crippen LogP contribution in [0.15, 0.2) is 0 Å². The summed E-state index contributed by atoms with van der Waals surface area (Å²) in [5.74, 6) is -0.497. The summed E-state index contributed by atoms with van der Waals surface area (Å²) < 4.78 is 0. The molecule has 0 radical (unpaired) electrons. The first-order valence-electron chi connectivity index (χ1n) is 7.82. The Balaban J connectivity index is 1.57. The first kappa shape index (κ1) is 14.8. The van der Waals surface area contributed by atoms with Gasteiger partial charge in [-0.3, -0.25) is 19.2 Å². The van der Waals surface area contributed by atoms with Crippen LogP contribution >= 0.6 is 11.8 Å². The molecule has 4 unspecified atom stereocenters. The van der Waals surface area contributed by atoms with Gasteiger partial charge in [-0.15, -0.1) is 11.8 Å². The highest BCUT2D eigenvalue weighted by atomic mass is 32.2. The van der Waals surface area contributed by atoms with E-state index in [4.69, 9.17) is 5.73 Å². The fraction of sp³-hybridized carbons (Fsp3) is 0.714. The maximum atomic E-state index is 12.7. The van der Waals surface area contributed by atoms with E-state index >= 15 is 0 Å². The first-order chi connectivity index (χ1) is 11.0. The minimum absolute atomic E-state index is 0.0434. The van der Waals surface area contributed by atoms with Crippen LogP contribution in [0.25, 0.3) is 0 Å². The highest BCUT2D eigenvalue weighted by molar-refractivity contribution is 8.00. The summed E-state index contributed by atoms with van der Waals surface area (Å²) in [6, 6.07) is -1.67. The van der Waals surface area contributed by atoms with Crippen LogP contribution in [0.1, 0.15) is 19.3 Å². The standard InChI is InChI=1S/C14H18N4O4S/c15-12(20)9-6-23-11-4-8(14(22)18(9)11)17-5-10(19)16-3-1-2-7(16)13(17)21/h7-9,11H,1-6H2,(H2,15,20). The molecule has 0 aliphatic carbocycles. The molecule has 0 spiro atoms. The SMILES string of the molecule is NC(=O)C1CSC2CC(N3CC(=O)N4CCCC4C3=O)C(=O)N21. The molecule has 0 aromatic carbocycles. The monoisotopic (exact) mass is 338 g/mol. The van der Waals surface area contributed by atoms with Crippen LogP contribution in [0, 0.1) is 0 Å². The summed E-state index contributed by atoms with van der Waals surface area (Å²) in [6.07, 6.45) is 1.94. The van der Waals surface area contributed by atoms with Crippen LogP contribution in [-0.2, 0) is 19.2 Å². The smallest absolute Gasteiger partial charge is 0.247 e. The molecule has 4 heterocycles. The number of hydrogen-bond acceptors (Lipinski definition) is 5. The summed E-state index contributed by atoms with van der Waals surface area (Å²) in [7, 11) is 0. The van der Waals surface area contributed by atoms with Crippen molar-refractivity contribution in [1.29, 1.82) is 0 Å². The summed E-state index contributed by atoms with van der Waals surface area (Å²) in [4.78, 5) is 53.7. The second-order valence-electron chi connectivity index (χ2n) is 6.41. The number of carbonyl (C=O) groups is 4. The maximum absolute atomic E-state index is 12.7. The number of primary amides is 1. The van der Waals surface area contributed by atoms with Crippen LogP contribution < -0.4 is 5.73 Å². The van der Waals surface area contributed by atoms with Gasteiger partial charge in [-0.25, -0.2) is 0 Å². The molecular formula is C14H18N4O4S. The minimum atomic E-state index is -0.645. The van der Waals surface area contributed by atoms with E-state index in [0.717, 1.165) is 6.42 Å². The zero-order valence-corrected chi connectivity index (χ0v) is 13.3. The highest BCUT2D eigenvalue weighted by Crippen LogP contribution is 2.40. The van der Waals surface area contributed by atoms with Crippen LogP contribution in [-0.4, -0.2) is 80.7 Å². The Morgan fingerprint density at radius 2 is 1.91 bits per heavy atom. The Kier molecular flexibility index (Phi) is 3.29. The lowest BCUT2D eigenvalue weighted by Gasteiger charge is -2.38. The highest BCUT2D eigenvalue weighted by Gasteiger charge is 2.54. The van der Waals surface area contributed by atoms with Crippen molar-refractivity contribution in [1.82, 2.24) is 14.7 Å². The Bertz CT molecular complexity index is 612. The van der Waals surface area contributed by atoms with Crippen LogP contribution in [0.4, 0.5) is 0 Å². The third-order valence-electron chi connectivity index (χ3n) is 5.21. The molecule has 0 bridgehead atoms. The van der Waals surface area contributed by atoms with E-state index in [-0.39, 0.29) is 29.6 Å². The molecule has 4 atom stereocenters. The first-order valence-corrected chi connectivity index (χ1v) is 8.87. The molecule has 23 heavy (non-hydrogen) atoms. The van der Waals surface area contributed by atoms with Gasteiger partial charge < -0.3 is 20.4 Å². The summed E-state index contributed by atoms with van der Waals surface area (Å²) in [6.45, 7) is 0.578. The number of hydrogen-bond donors (Lipinski definition) is 1. The van der Waals surface area contributed by atoms with Gasteiger partial charge in [-0.2, -0.15) is 0 Å². The zero-order chi connectivity index (χ0) is 16.3. The second-order valence-corrected chi connectivity index (χ2v) is 7.63. The van der Waals surface area contributed by atoms with Gasteiger partial charge in [0.2, 0.25) is 23.6 Å². The summed E-state index contributed by atoms with van der Waals surface area (Å²) in [5.41, 5.74) is 5.37. The van der Waals surface area contributed by atoms with Gasteiger partial charge in [0.05, 0.1) is 5.37 Å². The lowest BCUT2D eigenvalue weighted by molar-refractivity contribution is -0.158. The van der Waals surface area contributed by atoms with Crippen molar-refractivity contribution in [2.45, 2.75) is 42.8 Å². The predicted octanol–water partition coefficient (Wildman–Crippen LogP) is -1.65. The zero-order valence-electron chi connectivity index (χ0n) is 12.5. The van der Waals surface area contributed by atoms with Crippen molar-refractivity contribution < 1.29 is 19.2 Å². The third kappa shape index (κ3) is 2.05. The quantitative estimate of drug-likeness (QED) is 0.649. The Labute approximate surface area is 137 Å². The van der Waals surface area contributed by atoms with Crippen molar-refractivity contribution >= 4 is 35.4 Å². The molecule has 4 fully saturated rings. The molecule has 4 rings (SSSR count). The Morgan fingerprint density at radius 3 is 2.65 bits per heavy atom. The van der Waals surface area contributed by atoms with Crippen molar-refractivity contribution in [3.63, 3.8) is 0 Å². The van der Waals surface area contributed by atoms with E-state index in [1.54, 1.807) is 4.90 Å². The molecule has 0 aromatic rings. The Hall–Kier alpha value is -1.77. The van der Waals surface area contributed by atoms with E-state index in [1.165, 1.54) is 21.6 Å². The normalized spacial score (nSPS) is 36.7. The largest absolute Gasteiger partial charge is 0.368 e. The molecule has 4 aliphatic heterocycles. The number of piperazine rings is 1. The number of fused-ring (bicyclic) bond motifs is 2. The molecule has 9 heteroatoms. The van der Waals surface area contributed by atoms with E-state index in [1.807, 2.05) is 0 Å². The molecular weight excluding hydrogens is 320 g/mol. The van der Waals surface area contributed by atoms with Crippen molar-refractivity contribution in [3.05, 3.63) is 0 Å². The fourth-order valence-corrected chi connectivity index (χ4v) is 5.54. The van der Waals surface area contributed by atoms with E-state index in [2.05, 4.69) is 0 Å². The van der Waals surface area contributed by atoms with E-state index in [0.29, 0.717) is 25.1 Å². The van der Waals surface area contributed by atoms with E-state index < -0.39 is 24.0 Å². The van der Waals surface area contributed by atoms with Gasteiger partial charge in [0.25, 0.3) is 0 Å². The van der Waals surface area contributed by atoms with Gasteiger partial charge in [0, 0.05) is 18.7 Å². The van der Waals surface area contributed by atoms with Crippen LogP contribution in [0.2, 0.25) is 0 Å². The fourth-order valence-electron chi connectivity index (χ4n) is 4.08. The number of amides is 4. The van der Waals surface area contributed by atoms with Gasteiger partial charge in [0.15, 0.2) is 0 Å². The molecule has 0 saturated carbocycles. The molecule has 4 aliphatic rings. The molecule has 4 amide bonds. The van der Waals surface area contributed by atoms with Gasteiger partial charge in [0.1, 0.15) is 24.7 Å². The lowest BCUT2D eigenvalue weighted by Crippen LogP contribution is -2.61.